The average molecular weight is 343 g/mol. The molecule has 0 saturated heterocycles. The molecule has 2 N–H and O–H groups in total. The average Bonchev–Trinajstić information content (AvgIpc) is 3.09. The van der Waals surface area contributed by atoms with Crippen LogP contribution >= 0.6 is 0 Å². The summed E-state index contributed by atoms with van der Waals surface area (Å²) in [5.41, 5.74) is 1.16. The summed E-state index contributed by atoms with van der Waals surface area (Å²) in [6, 6.07) is 10.3. The third kappa shape index (κ3) is 5.19. The van der Waals surface area contributed by atoms with Crippen LogP contribution in [-0.2, 0) is 0 Å². The predicted molar refractivity (Wildman–Crippen MR) is 97.7 cm³/mol. The van der Waals surface area contributed by atoms with Gasteiger partial charge in [0.15, 0.2) is 5.76 Å². The molecule has 2 aromatic rings. The van der Waals surface area contributed by atoms with E-state index in [1.54, 1.807) is 36.4 Å². The highest BCUT2D eigenvalue weighted by atomic mass is 16.3. The number of nitrogens with one attached hydrogen (secondary N) is 2. The predicted octanol–water partition coefficient (Wildman–Crippen LogP) is 2.85. The van der Waals surface area contributed by atoms with E-state index in [4.69, 9.17) is 4.42 Å². The van der Waals surface area contributed by atoms with Crippen LogP contribution in [0.4, 0.5) is 5.69 Å². The Morgan fingerprint density at radius 3 is 2.28 bits per heavy atom. The van der Waals surface area contributed by atoms with Crippen molar-refractivity contribution < 1.29 is 14.0 Å². The van der Waals surface area contributed by atoms with E-state index in [1.165, 1.54) is 6.26 Å². The topological polar surface area (TPSA) is 74.6 Å². The second kappa shape index (κ2) is 8.48. The van der Waals surface area contributed by atoms with Crippen molar-refractivity contribution in [3.63, 3.8) is 0 Å². The van der Waals surface area contributed by atoms with Crippen LogP contribution in [0.25, 0.3) is 0 Å². The first-order chi connectivity index (χ1) is 11.9. The van der Waals surface area contributed by atoms with Crippen LogP contribution in [-0.4, -0.2) is 43.4 Å². The number of nitrogens with zero attached hydrogens (tertiary/aromatic N) is 1. The number of amides is 2. The number of hydrogen-bond acceptors (Lipinski definition) is 4. The standard InChI is InChI=1S/C19H25N3O3/c1-13(2)16(22(3)4)12-20-18(23)14-7-9-15(10-8-14)21-19(24)17-6-5-11-25-17/h5-11,13,16H,12H2,1-4H3,(H,20,23)(H,21,24)/t16-/m1/s1. The minimum atomic E-state index is -0.326. The Kier molecular flexibility index (Phi) is 6.36. The van der Waals surface area contributed by atoms with E-state index in [9.17, 15) is 9.59 Å². The number of furan rings is 1. The summed E-state index contributed by atoms with van der Waals surface area (Å²) in [5.74, 6) is 0.226. The molecule has 2 rings (SSSR count). The third-order valence-corrected chi connectivity index (χ3v) is 4.05. The number of likely N-dealkylation sites (N-methyl/N-ethyl adjacent to an activating group) is 1. The van der Waals surface area contributed by atoms with Crippen molar-refractivity contribution in [3.8, 4) is 0 Å². The van der Waals surface area contributed by atoms with Gasteiger partial charge in [-0.1, -0.05) is 13.8 Å². The fourth-order valence-electron chi connectivity index (χ4n) is 2.62. The summed E-state index contributed by atoms with van der Waals surface area (Å²) in [5, 5.41) is 5.68. The Morgan fingerprint density at radius 1 is 1.08 bits per heavy atom. The lowest BCUT2D eigenvalue weighted by Crippen LogP contribution is -2.43. The van der Waals surface area contributed by atoms with Crippen molar-refractivity contribution in [1.82, 2.24) is 10.2 Å². The SMILES string of the molecule is CC(C)[C@@H](CNC(=O)c1ccc(NC(=O)c2ccco2)cc1)N(C)C. The summed E-state index contributed by atoms with van der Waals surface area (Å²) in [7, 11) is 4.01. The zero-order chi connectivity index (χ0) is 18.4. The van der Waals surface area contributed by atoms with Crippen LogP contribution < -0.4 is 10.6 Å². The Morgan fingerprint density at radius 2 is 1.76 bits per heavy atom. The van der Waals surface area contributed by atoms with Crippen molar-refractivity contribution in [3.05, 3.63) is 54.0 Å². The third-order valence-electron chi connectivity index (χ3n) is 4.05. The van der Waals surface area contributed by atoms with Gasteiger partial charge in [0.25, 0.3) is 11.8 Å². The Hall–Kier alpha value is -2.60. The number of benzene rings is 1. The molecule has 1 aromatic heterocycles. The van der Waals surface area contributed by atoms with E-state index in [-0.39, 0.29) is 23.6 Å². The molecule has 6 nitrogen and oxygen atoms in total. The quantitative estimate of drug-likeness (QED) is 0.811. The molecule has 1 aromatic carbocycles. The first-order valence-electron chi connectivity index (χ1n) is 8.28. The fourth-order valence-corrected chi connectivity index (χ4v) is 2.62. The molecule has 0 spiro atoms. The normalized spacial score (nSPS) is 12.2. The van der Waals surface area contributed by atoms with E-state index in [0.29, 0.717) is 23.7 Å². The molecule has 1 atom stereocenters. The molecule has 0 unspecified atom stereocenters. The zero-order valence-corrected chi connectivity index (χ0v) is 15.1. The monoisotopic (exact) mass is 343 g/mol. The summed E-state index contributed by atoms with van der Waals surface area (Å²) in [4.78, 5) is 26.3. The second-order valence-electron chi connectivity index (χ2n) is 6.49. The van der Waals surface area contributed by atoms with Crippen molar-refractivity contribution in [2.24, 2.45) is 5.92 Å². The molecule has 0 aliphatic rings. The summed E-state index contributed by atoms with van der Waals surface area (Å²) in [6.07, 6.45) is 1.44. The van der Waals surface area contributed by atoms with Crippen LogP contribution in [0.1, 0.15) is 34.8 Å². The molecular weight excluding hydrogens is 318 g/mol. The molecule has 0 aliphatic carbocycles. The van der Waals surface area contributed by atoms with Crippen LogP contribution in [0.5, 0.6) is 0 Å². The number of carbonyl (C=O) groups excluding carboxylic acids is 2. The van der Waals surface area contributed by atoms with Gasteiger partial charge in [-0.05, 0) is 56.4 Å². The number of carbonyl (C=O) groups is 2. The van der Waals surface area contributed by atoms with E-state index >= 15 is 0 Å². The zero-order valence-electron chi connectivity index (χ0n) is 15.1. The molecule has 0 aliphatic heterocycles. The largest absolute Gasteiger partial charge is 0.459 e. The fraction of sp³-hybridized carbons (Fsp3) is 0.368. The molecule has 2 amide bonds. The second-order valence-corrected chi connectivity index (χ2v) is 6.49. The van der Waals surface area contributed by atoms with Crippen molar-refractivity contribution >= 4 is 17.5 Å². The number of anilines is 1. The molecule has 0 bridgehead atoms. The number of hydrogen-bond donors (Lipinski definition) is 2. The minimum Gasteiger partial charge on any atom is -0.459 e. The lowest BCUT2D eigenvalue weighted by Gasteiger charge is -2.28. The van der Waals surface area contributed by atoms with Gasteiger partial charge < -0.3 is 20.0 Å². The van der Waals surface area contributed by atoms with E-state index in [1.807, 2.05) is 14.1 Å². The molecule has 1 heterocycles. The molecule has 25 heavy (non-hydrogen) atoms. The first kappa shape index (κ1) is 18.7. The van der Waals surface area contributed by atoms with Gasteiger partial charge in [-0.2, -0.15) is 0 Å². The van der Waals surface area contributed by atoms with Crippen molar-refractivity contribution in [2.75, 3.05) is 26.0 Å². The Balaban J connectivity index is 1.92. The van der Waals surface area contributed by atoms with E-state index < -0.39 is 0 Å². The van der Waals surface area contributed by atoms with Gasteiger partial charge in [-0.15, -0.1) is 0 Å². The van der Waals surface area contributed by atoms with Crippen LogP contribution in [0.3, 0.4) is 0 Å². The van der Waals surface area contributed by atoms with Gasteiger partial charge >= 0.3 is 0 Å². The van der Waals surface area contributed by atoms with Crippen LogP contribution in [0.15, 0.2) is 47.1 Å². The minimum absolute atomic E-state index is 0.128. The van der Waals surface area contributed by atoms with Gasteiger partial charge in [0.1, 0.15) is 0 Å². The summed E-state index contributed by atoms with van der Waals surface area (Å²) >= 11 is 0. The summed E-state index contributed by atoms with van der Waals surface area (Å²) in [6.45, 7) is 4.85. The molecule has 134 valence electrons. The maximum atomic E-state index is 12.3. The highest BCUT2D eigenvalue weighted by Gasteiger charge is 2.17. The maximum absolute atomic E-state index is 12.3. The van der Waals surface area contributed by atoms with Gasteiger partial charge in [-0.25, -0.2) is 0 Å². The van der Waals surface area contributed by atoms with Crippen LogP contribution in [0, 0.1) is 5.92 Å². The summed E-state index contributed by atoms with van der Waals surface area (Å²) < 4.78 is 5.04. The molecule has 6 heteroatoms. The highest BCUT2D eigenvalue weighted by Crippen LogP contribution is 2.12. The first-order valence-corrected chi connectivity index (χ1v) is 8.28. The van der Waals surface area contributed by atoms with E-state index in [2.05, 4.69) is 29.4 Å². The van der Waals surface area contributed by atoms with Crippen molar-refractivity contribution in [1.29, 1.82) is 0 Å². The lowest BCUT2D eigenvalue weighted by atomic mass is 10.0. The van der Waals surface area contributed by atoms with E-state index in [0.717, 1.165) is 0 Å². The smallest absolute Gasteiger partial charge is 0.291 e. The van der Waals surface area contributed by atoms with Gasteiger partial charge in [0.05, 0.1) is 6.26 Å². The van der Waals surface area contributed by atoms with Gasteiger partial charge in [0, 0.05) is 23.8 Å². The van der Waals surface area contributed by atoms with Gasteiger partial charge in [0.2, 0.25) is 0 Å². The Labute approximate surface area is 148 Å². The number of rotatable bonds is 7. The molecule has 0 saturated carbocycles. The lowest BCUT2D eigenvalue weighted by molar-refractivity contribution is 0.0934. The highest BCUT2D eigenvalue weighted by molar-refractivity contribution is 6.02. The molecule has 0 radical (unpaired) electrons. The van der Waals surface area contributed by atoms with Crippen molar-refractivity contribution in [2.45, 2.75) is 19.9 Å². The molecular formula is C19H25N3O3. The van der Waals surface area contributed by atoms with Gasteiger partial charge in [-0.3, -0.25) is 9.59 Å². The molecule has 0 fully saturated rings. The Bertz CT molecular complexity index is 683. The van der Waals surface area contributed by atoms with Crippen LogP contribution in [0.2, 0.25) is 0 Å². The maximum Gasteiger partial charge on any atom is 0.291 e.